The molecule has 1 N–H and O–H groups in total. The van der Waals surface area contributed by atoms with E-state index in [0.717, 1.165) is 16.3 Å². The summed E-state index contributed by atoms with van der Waals surface area (Å²) in [5.74, 6) is 0.0684. The molecule has 0 saturated heterocycles. The van der Waals surface area contributed by atoms with Crippen LogP contribution in [0.15, 0.2) is 72.9 Å². The number of aryl methyl sites for hydroxylation is 1. The van der Waals surface area contributed by atoms with Gasteiger partial charge in [-0.1, -0.05) is 66.2 Å². The average Bonchev–Trinajstić information content (AvgIpc) is 2.79. The van der Waals surface area contributed by atoms with E-state index in [1.807, 2.05) is 43.3 Å². The molecule has 1 aliphatic rings. The first-order valence-electron chi connectivity index (χ1n) is 10.3. The van der Waals surface area contributed by atoms with Crippen LogP contribution in [0.5, 0.6) is 0 Å². The van der Waals surface area contributed by atoms with Crippen molar-refractivity contribution >= 4 is 28.4 Å². The van der Waals surface area contributed by atoms with Gasteiger partial charge in [0.1, 0.15) is 0 Å². The zero-order valence-corrected chi connectivity index (χ0v) is 17.1. The van der Waals surface area contributed by atoms with E-state index in [0.29, 0.717) is 29.7 Å². The number of hydrogen-bond donors (Lipinski definition) is 1. The number of nitrogens with one attached hydrogen (secondary N) is 1. The Morgan fingerprint density at radius 2 is 1.74 bits per heavy atom. The van der Waals surface area contributed by atoms with E-state index in [1.165, 1.54) is 11.8 Å². The topological polar surface area (TPSA) is 72.0 Å². The highest BCUT2D eigenvalue weighted by Crippen LogP contribution is 2.32. The van der Waals surface area contributed by atoms with Crippen LogP contribution in [0.1, 0.15) is 49.9 Å². The summed E-state index contributed by atoms with van der Waals surface area (Å²) < 4.78 is 0. The molecule has 0 spiro atoms. The van der Waals surface area contributed by atoms with Crippen molar-refractivity contribution in [3.05, 3.63) is 101 Å². The van der Waals surface area contributed by atoms with Gasteiger partial charge >= 0.3 is 0 Å². The monoisotopic (exact) mass is 407 g/mol. The average molecular weight is 407 g/mol. The normalized spacial score (nSPS) is 15.5. The lowest BCUT2D eigenvalue weighted by atomic mass is 9.82. The molecule has 0 fully saturated rings. The summed E-state index contributed by atoms with van der Waals surface area (Å²) in [5.41, 5.74) is 4.11. The van der Waals surface area contributed by atoms with Gasteiger partial charge in [-0.25, -0.2) is 9.97 Å². The Morgan fingerprint density at radius 1 is 0.968 bits per heavy atom. The smallest absolute Gasteiger partial charge is 0.258 e. The Kier molecular flexibility index (Phi) is 4.79. The maximum Gasteiger partial charge on any atom is 0.258 e. The van der Waals surface area contributed by atoms with Gasteiger partial charge in [0, 0.05) is 18.2 Å². The maximum absolute atomic E-state index is 12.9. The number of fused-ring (bicyclic) bond motifs is 2. The Bertz CT molecular complexity index is 1310. The van der Waals surface area contributed by atoms with Crippen LogP contribution < -0.4 is 5.32 Å². The molecule has 0 saturated carbocycles. The molecule has 0 bridgehead atoms. The molecular formula is C26H21N3O2. The van der Waals surface area contributed by atoms with Crippen LogP contribution in [0.4, 0.5) is 5.95 Å². The summed E-state index contributed by atoms with van der Waals surface area (Å²) in [4.78, 5) is 34.4. The summed E-state index contributed by atoms with van der Waals surface area (Å²) in [6.07, 6.45) is 2.62. The van der Waals surface area contributed by atoms with Gasteiger partial charge in [0.2, 0.25) is 5.95 Å². The zero-order chi connectivity index (χ0) is 21.4. The molecule has 1 atom stereocenters. The number of rotatable bonds is 3. The van der Waals surface area contributed by atoms with Crippen molar-refractivity contribution in [2.75, 3.05) is 5.32 Å². The number of anilines is 1. The molecular weight excluding hydrogens is 386 g/mol. The SMILES string of the molecule is Cc1ccc([C@H]2CC(=O)c3cnc(NC(=O)c4cccc5ccccc45)nc3C2)cc1. The van der Waals surface area contributed by atoms with Gasteiger partial charge in [-0.3, -0.25) is 14.9 Å². The van der Waals surface area contributed by atoms with Crippen molar-refractivity contribution in [2.45, 2.75) is 25.7 Å². The lowest BCUT2D eigenvalue weighted by Gasteiger charge is -2.23. The Labute approximate surface area is 180 Å². The molecule has 5 rings (SSSR count). The maximum atomic E-state index is 12.9. The largest absolute Gasteiger partial charge is 0.294 e. The molecule has 4 aromatic rings. The number of carbonyl (C=O) groups is 2. The lowest BCUT2D eigenvalue weighted by molar-refractivity contribution is 0.0962. The summed E-state index contributed by atoms with van der Waals surface area (Å²) in [6.45, 7) is 2.04. The minimum absolute atomic E-state index is 0.0405. The summed E-state index contributed by atoms with van der Waals surface area (Å²) in [5, 5.41) is 4.67. The van der Waals surface area contributed by atoms with Crippen molar-refractivity contribution < 1.29 is 9.59 Å². The number of amides is 1. The molecule has 3 aromatic carbocycles. The molecule has 1 aromatic heterocycles. The first-order valence-corrected chi connectivity index (χ1v) is 10.3. The molecule has 152 valence electrons. The van der Waals surface area contributed by atoms with Crippen LogP contribution in [-0.2, 0) is 6.42 Å². The Balaban J connectivity index is 1.42. The van der Waals surface area contributed by atoms with Crippen molar-refractivity contribution in [1.29, 1.82) is 0 Å². The summed E-state index contributed by atoms with van der Waals surface area (Å²) in [7, 11) is 0. The fraction of sp³-hybridized carbons (Fsp3) is 0.154. The molecule has 1 aliphatic carbocycles. The van der Waals surface area contributed by atoms with Crippen LogP contribution in [0.3, 0.4) is 0 Å². The third kappa shape index (κ3) is 3.70. The van der Waals surface area contributed by atoms with E-state index in [2.05, 4.69) is 39.6 Å². The second-order valence-electron chi connectivity index (χ2n) is 7.97. The van der Waals surface area contributed by atoms with Crippen LogP contribution >= 0.6 is 0 Å². The zero-order valence-electron chi connectivity index (χ0n) is 17.1. The molecule has 0 unspecified atom stereocenters. The minimum atomic E-state index is -0.269. The van der Waals surface area contributed by atoms with Crippen molar-refractivity contribution in [1.82, 2.24) is 9.97 Å². The highest BCUT2D eigenvalue weighted by Gasteiger charge is 2.28. The molecule has 0 radical (unpaired) electrons. The fourth-order valence-electron chi connectivity index (χ4n) is 4.17. The number of nitrogens with zero attached hydrogens (tertiary/aromatic N) is 2. The molecule has 1 amide bonds. The molecule has 5 heteroatoms. The van der Waals surface area contributed by atoms with Crippen molar-refractivity contribution in [2.24, 2.45) is 0 Å². The van der Waals surface area contributed by atoms with Gasteiger partial charge in [-0.05, 0) is 41.7 Å². The van der Waals surface area contributed by atoms with Gasteiger partial charge < -0.3 is 0 Å². The summed E-state index contributed by atoms with van der Waals surface area (Å²) in [6, 6.07) is 21.6. The van der Waals surface area contributed by atoms with Crippen LogP contribution in [0, 0.1) is 6.92 Å². The number of carbonyl (C=O) groups excluding carboxylic acids is 2. The highest BCUT2D eigenvalue weighted by molar-refractivity contribution is 6.12. The van der Waals surface area contributed by atoms with Gasteiger partial charge in [0.25, 0.3) is 5.91 Å². The van der Waals surface area contributed by atoms with Gasteiger partial charge in [0.15, 0.2) is 5.78 Å². The molecule has 5 nitrogen and oxygen atoms in total. The predicted molar refractivity (Wildman–Crippen MR) is 121 cm³/mol. The van der Waals surface area contributed by atoms with Crippen molar-refractivity contribution in [3.8, 4) is 0 Å². The van der Waals surface area contributed by atoms with Crippen LogP contribution in [-0.4, -0.2) is 21.7 Å². The van der Waals surface area contributed by atoms with E-state index >= 15 is 0 Å². The number of benzene rings is 3. The van der Waals surface area contributed by atoms with E-state index in [9.17, 15) is 9.59 Å². The van der Waals surface area contributed by atoms with Gasteiger partial charge in [-0.15, -0.1) is 0 Å². The van der Waals surface area contributed by atoms with Gasteiger partial charge in [0.05, 0.1) is 11.3 Å². The Morgan fingerprint density at radius 3 is 2.58 bits per heavy atom. The van der Waals surface area contributed by atoms with Crippen molar-refractivity contribution in [3.63, 3.8) is 0 Å². The minimum Gasteiger partial charge on any atom is -0.294 e. The van der Waals surface area contributed by atoms with E-state index in [1.54, 1.807) is 6.07 Å². The summed E-state index contributed by atoms with van der Waals surface area (Å²) >= 11 is 0. The number of aromatic nitrogens is 2. The predicted octanol–water partition coefficient (Wildman–Crippen LogP) is 5.10. The van der Waals surface area contributed by atoms with Crippen LogP contribution in [0.25, 0.3) is 10.8 Å². The Hall–Kier alpha value is -3.86. The highest BCUT2D eigenvalue weighted by atomic mass is 16.1. The van der Waals surface area contributed by atoms with E-state index in [4.69, 9.17) is 0 Å². The second-order valence-corrected chi connectivity index (χ2v) is 7.97. The molecule has 1 heterocycles. The fourth-order valence-corrected chi connectivity index (χ4v) is 4.17. The van der Waals surface area contributed by atoms with E-state index < -0.39 is 0 Å². The lowest BCUT2D eigenvalue weighted by Crippen LogP contribution is -2.22. The van der Waals surface area contributed by atoms with Gasteiger partial charge in [-0.2, -0.15) is 0 Å². The third-order valence-electron chi connectivity index (χ3n) is 5.85. The number of ketones is 1. The first-order chi connectivity index (χ1) is 15.1. The number of Topliss-reactive ketones (excluding diaryl/α,β-unsaturated/α-hetero) is 1. The first kappa shape index (κ1) is 19.1. The molecule has 31 heavy (non-hydrogen) atoms. The van der Waals surface area contributed by atoms with E-state index in [-0.39, 0.29) is 23.6 Å². The standard InChI is InChI=1S/C26H21N3O2/c1-16-9-11-17(12-10-16)19-13-23-22(24(30)14-19)15-27-26(28-23)29-25(31)21-8-4-6-18-5-2-3-7-20(18)21/h2-12,15,19H,13-14H2,1H3,(H,27,28,29,31)/t19-/m1/s1. The number of hydrogen-bond acceptors (Lipinski definition) is 4. The molecule has 0 aliphatic heterocycles. The third-order valence-corrected chi connectivity index (χ3v) is 5.85. The quantitative estimate of drug-likeness (QED) is 0.513. The second kappa shape index (κ2) is 7.76. The van der Waals surface area contributed by atoms with Crippen LogP contribution in [0.2, 0.25) is 0 Å².